The summed E-state index contributed by atoms with van der Waals surface area (Å²) in [5.41, 5.74) is 1.14. The van der Waals surface area contributed by atoms with Crippen molar-refractivity contribution in [2.75, 3.05) is 32.8 Å². The fourth-order valence-corrected chi connectivity index (χ4v) is 3.00. The number of amides is 1. The third-order valence-corrected chi connectivity index (χ3v) is 4.18. The molecule has 1 amide bonds. The third-order valence-electron chi connectivity index (χ3n) is 4.18. The van der Waals surface area contributed by atoms with Crippen molar-refractivity contribution < 1.29 is 14.3 Å². The first-order valence-corrected chi connectivity index (χ1v) is 8.09. The van der Waals surface area contributed by atoms with Gasteiger partial charge in [-0.05, 0) is 18.4 Å². The maximum Gasteiger partial charge on any atom is 0.253 e. The van der Waals surface area contributed by atoms with Crippen LogP contribution in [0.15, 0.2) is 30.3 Å². The molecule has 2 atom stereocenters. The van der Waals surface area contributed by atoms with Crippen LogP contribution in [0.5, 0.6) is 0 Å². The van der Waals surface area contributed by atoms with E-state index in [0.717, 1.165) is 31.6 Å². The van der Waals surface area contributed by atoms with Crippen LogP contribution in [-0.4, -0.2) is 55.9 Å². The van der Waals surface area contributed by atoms with E-state index in [-0.39, 0.29) is 30.5 Å². The summed E-state index contributed by atoms with van der Waals surface area (Å²) in [6, 6.07) is 10.1. The van der Waals surface area contributed by atoms with Gasteiger partial charge in [0.15, 0.2) is 0 Å². The summed E-state index contributed by atoms with van der Waals surface area (Å²) >= 11 is 0. The van der Waals surface area contributed by atoms with Crippen molar-refractivity contribution in [2.45, 2.75) is 31.6 Å². The molecule has 1 N–H and O–H groups in total. The van der Waals surface area contributed by atoms with Crippen LogP contribution in [0.2, 0.25) is 0 Å². The molecule has 2 unspecified atom stereocenters. The fraction of sp³-hybridized carbons (Fsp3) is 0.588. The number of hydrogen-bond acceptors (Lipinski definition) is 4. The van der Waals surface area contributed by atoms with E-state index >= 15 is 0 Å². The van der Waals surface area contributed by atoms with Gasteiger partial charge in [-0.25, -0.2) is 0 Å². The van der Waals surface area contributed by atoms with Crippen molar-refractivity contribution in [3.63, 3.8) is 0 Å². The number of carbonyl (C=O) groups is 1. The van der Waals surface area contributed by atoms with Crippen molar-refractivity contribution in [3.05, 3.63) is 35.9 Å². The number of rotatable bonds is 5. The van der Waals surface area contributed by atoms with Gasteiger partial charge in [-0.3, -0.25) is 4.79 Å². The summed E-state index contributed by atoms with van der Waals surface area (Å²) < 4.78 is 11.3. The molecule has 2 heterocycles. The zero-order valence-electron chi connectivity index (χ0n) is 13.3. The molecule has 0 bridgehead atoms. The van der Waals surface area contributed by atoms with Crippen LogP contribution in [-0.2, 0) is 20.8 Å². The summed E-state index contributed by atoms with van der Waals surface area (Å²) in [6.45, 7) is 4.06. The van der Waals surface area contributed by atoms with Crippen LogP contribution in [0, 0.1) is 0 Å². The molecule has 6 heteroatoms. The lowest BCUT2D eigenvalue weighted by Crippen LogP contribution is -2.50. The molecular formula is C17H25ClN2O3. The minimum atomic E-state index is -0.376. The van der Waals surface area contributed by atoms with Gasteiger partial charge in [0.05, 0.1) is 12.7 Å². The average molecular weight is 341 g/mol. The molecular weight excluding hydrogens is 316 g/mol. The number of nitrogens with zero attached hydrogens (tertiary/aromatic N) is 1. The van der Waals surface area contributed by atoms with Crippen LogP contribution in [0.1, 0.15) is 18.4 Å². The Labute approximate surface area is 143 Å². The van der Waals surface area contributed by atoms with E-state index in [1.54, 1.807) is 0 Å². The van der Waals surface area contributed by atoms with E-state index in [9.17, 15) is 4.79 Å². The monoisotopic (exact) mass is 340 g/mol. The van der Waals surface area contributed by atoms with Gasteiger partial charge < -0.3 is 19.7 Å². The average Bonchev–Trinajstić information content (AvgIpc) is 3.08. The Balaban J connectivity index is 0.00000192. The zero-order chi connectivity index (χ0) is 15.2. The standard InChI is InChI=1S/C17H24N2O3.ClH/c20-17(16-11-18-8-10-22-16)19(13-15-7-4-9-21-15)12-14-5-2-1-3-6-14;/h1-3,5-6,15-16,18H,4,7-13H2;1H. The smallest absolute Gasteiger partial charge is 0.253 e. The maximum absolute atomic E-state index is 12.8. The number of morpholine rings is 1. The highest BCUT2D eigenvalue weighted by molar-refractivity contribution is 5.85. The van der Waals surface area contributed by atoms with Gasteiger partial charge in [-0.15, -0.1) is 12.4 Å². The van der Waals surface area contributed by atoms with Gasteiger partial charge in [0.2, 0.25) is 0 Å². The van der Waals surface area contributed by atoms with E-state index in [2.05, 4.69) is 17.4 Å². The summed E-state index contributed by atoms with van der Waals surface area (Å²) in [7, 11) is 0. The van der Waals surface area contributed by atoms with Crippen molar-refractivity contribution in [1.82, 2.24) is 10.2 Å². The van der Waals surface area contributed by atoms with Crippen LogP contribution >= 0.6 is 12.4 Å². The highest BCUT2D eigenvalue weighted by Crippen LogP contribution is 2.16. The number of ether oxygens (including phenoxy) is 2. The second-order valence-electron chi connectivity index (χ2n) is 5.90. The van der Waals surface area contributed by atoms with E-state index < -0.39 is 0 Å². The minimum Gasteiger partial charge on any atom is -0.376 e. The lowest BCUT2D eigenvalue weighted by molar-refractivity contribution is -0.147. The van der Waals surface area contributed by atoms with Crippen molar-refractivity contribution in [1.29, 1.82) is 0 Å². The Kier molecular flexibility index (Phi) is 7.30. The summed E-state index contributed by atoms with van der Waals surface area (Å²) in [5, 5.41) is 3.22. The lowest BCUT2D eigenvalue weighted by Gasteiger charge is -2.31. The summed E-state index contributed by atoms with van der Waals surface area (Å²) in [4.78, 5) is 14.7. The second kappa shape index (κ2) is 9.23. The molecule has 1 aromatic carbocycles. The predicted molar refractivity (Wildman–Crippen MR) is 90.7 cm³/mol. The normalized spacial score (nSPS) is 24.0. The molecule has 0 aliphatic carbocycles. The molecule has 3 rings (SSSR count). The van der Waals surface area contributed by atoms with Gasteiger partial charge in [-0.1, -0.05) is 30.3 Å². The molecule has 23 heavy (non-hydrogen) atoms. The van der Waals surface area contributed by atoms with Crippen molar-refractivity contribution in [3.8, 4) is 0 Å². The second-order valence-corrected chi connectivity index (χ2v) is 5.90. The quantitative estimate of drug-likeness (QED) is 0.884. The molecule has 0 spiro atoms. The Morgan fingerprint density at radius 1 is 1.22 bits per heavy atom. The third kappa shape index (κ3) is 5.18. The first kappa shape index (κ1) is 18.2. The minimum absolute atomic E-state index is 0. The first-order valence-electron chi connectivity index (χ1n) is 8.09. The van der Waals surface area contributed by atoms with E-state index in [1.807, 2.05) is 23.1 Å². The number of carbonyl (C=O) groups excluding carboxylic acids is 1. The zero-order valence-corrected chi connectivity index (χ0v) is 14.1. The van der Waals surface area contributed by atoms with Gasteiger partial charge >= 0.3 is 0 Å². The highest BCUT2D eigenvalue weighted by atomic mass is 35.5. The van der Waals surface area contributed by atoms with Gasteiger partial charge in [-0.2, -0.15) is 0 Å². The Bertz CT molecular complexity index is 474. The molecule has 0 saturated carbocycles. The number of halogens is 1. The van der Waals surface area contributed by atoms with Gasteiger partial charge in [0.25, 0.3) is 5.91 Å². The van der Waals surface area contributed by atoms with E-state index in [0.29, 0.717) is 26.2 Å². The van der Waals surface area contributed by atoms with Gasteiger partial charge in [0, 0.05) is 32.8 Å². The lowest BCUT2D eigenvalue weighted by atomic mass is 10.1. The molecule has 0 radical (unpaired) electrons. The van der Waals surface area contributed by atoms with Crippen molar-refractivity contribution in [2.24, 2.45) is 0 Å². The molecule has 2 saturated heterocycles. The SMILES string of the molecule is Cl.O=C(C1CNCCO1)N(Cc1ccccc1)CC1CCCO1. The van der Waals surface area contributed by atoms with Crippen LogP contribution in [0.3, 0.4) is 0 Å². The molecule has 1 aromatic rings. The van der Waals surface area contributed by atoms with Crippen molar-refractivity contribution >= 4 is 18.3 Å². The largest absolute Gasteiger partial charge is 0.376 e. The molecule has 128 valence electrons. The Morgan fingerprint density at radius 3 is 2.70 bits per heavy atom. The van der Waals surface area contributed by atoms with E-state index in [4.69, 9.17) is 9.47 Å². The topological polar surface area (TPSA) is 50.8 Å². The number of nitrogens with one attached hydrogen (secondary N) is 1. The van der Waals surface area contributed by atoms with Crippen LogP contribution < -0.4 is 5.32 Å². The highest BCUT2D eigenvalue weighted by Gasteiger charge is 2.29. The van der Waals surface area contributed by atoms with Crippen LogP contribution in [0.4, 0.5) is 0 Å². The summed E-state index contributed by atoms with van der Waals surface area (Å²) in [6.07, 6.45) is 1.89. The molecule has 0 aromatic heterocycles. The number of hydrogen-bond donors (Lipinski definition) is 1. The first-order chi connectivity index (χ1) is 10.8. The number of benzene rings is 1. The van der Waals surface area contributed by atoms with Crippen LogP contribution in [0.25, 0.3) is 0 Å². The van der Waals surface area contributed by atoms with Gasteiger partial charge in [0.1, 0.15) is 6.10 Å². The fourth-order valence-electron chi connectivity index (χ4n) is 3.00. The predicted octanol–water partition coefficient (Wildman–Crippen LogP) is 1.60. The Hall–Kier alpha value is -1.14. The molecule has 2 aliphatic rings. The maximum atomic E-state index is 12.8. The molecule has 2 aliphatic heterocycles. The molecule has 2 fully saturated rings. The Morgan fingerprint density at radius 2 is 2.04 bits per heavy atom. The molecule has 5 nitrogen and oxygen atoms in total. The van der Waals surface area contributed by atoms with E-state index in [1.165, 1.54) is 0 Å². The summed E-state index contributed by atoms with van der Waals surface area (Å²) in [5.74, 6) is 0.0616.